The Balaban J connectivity index is 2.39. The molecule has 0 spiro atoms. The van der Waals surface area contributed by atoms with E-state index in [2.05, 4.69) is 15.9 Å². The van der Waals surface area contributed by atoms with Gasteiger partial charge in [0.25, 0.3) is 0 Å². The Hall–Kier alpha value is -3.07. The minimum Gasteiger partial charge on any atom is -0.493 e. The second-order valence-electron chi connectivity index (χ2n) is 5.09. The van der Waals surface area contributed by atoms with Crippen molar-refractivity contribution in [1.82, 2.24) is 0 Å². The SMILES string of the molecule is COc1cc(C(=O)Oc2ccc(Br)cc2/C=C/[N+](=O)[O-])cc(OC)c1OC. The van der Waals surface area contributed by atoms with E-state index in [4.69, 9.17) is 18.9 Å². The van der Waals surface area contributed by atoms with Gasteiger partial charge in [-0.05, 0) is 30.3 Å². The Bertz CT molecular complexity index is 870. The molecule has 2 rings (SSSR count). The van der Waals surface area contributed by atoms with Crippen molar-refractivity contribution in [2.45, 2.75) is 0 Å². The maximum atomic E-state index is 12.6. The molecule has 27 heavy (non-hydrogen) atoms. The molecule has 0 amide bonds. The zero-order valence-corrected chi connectivity index (χ0v) is 16.3. The molecule has 0 bridgehead atoms. The summed E-state index contributed by atoms with van der Waals surface area (Å²) in [4.78, 5) is 22.5. The van der Waals surface area contributed by atoms with Gasteiger partial charge in [-0.25, -0.2) is 4.79 Å². The molecule has 0 heterocycles. The predicted molar refractivity (Wildman–Crippen MR) is 101 cm³/mol. The molecule has 0 aliphatic carbocycles. The van der Waals surface area contributed by atoms with E-state index < -0.39 is 10.9 Å². The summed E-state index contributed by atoms with van der Waals surface area (Å²) >= 11 is 3.28. The molecule has 2 aromatic carbocycles. The first-order valence-corrected chi connectivity index (χ1v) is 8.32. The molecule has 9 heteroatoms. The van der Waals surface area contributed by atoms with Crippen LogP contribution in [0.25, 0.3) is 6.08 Å². The summed E-state index contributed by atoms with van der Waals surface area (Å²) in [5.41, 5.74) is 0.526. The Morgan fingerprint density at radius 2 is 1.67 bits per heavy atom. The highest BCUT2D eigenvalue weighted by Crippen LogP contribution is 2.38. The molecule has 0 saturated carbocycles. The van der Waals surface area contributed by atoms with Crippen LogP contribution in [0, 0.1) is 10.1 Å². The minimum atomic E-state index is -0.688. The molecule has 2 aromatic rings. The van der Waals surface area contributed by atoms with Gasteiger partial charge >= 0.3 is 5.97 Å². The first-order valence-electron chi connectivity index (χ1n) is 7.53. The first-order chi connectivity index (χ1) is 12.9. The van der Waals surface area contributed by atoms with Gasteiger partial charge in [-0.1, -0.05) is 15.9 Å². The largest absolute Gasteiger partial charge is 0.493 e. The van der Waals surface area contributed by atoms with Crippen LogP contribution in [0.5, 0.6) is 23.0 Å². The third kappa shape index (κ3) is 4.98. The number of methoxy groups -OCH3 is 3. The lowest BCUT2D eigenvalue weighted by Gasteiger charge is -2.14. The number of halogens is 1. The Labute approximate surface area is 163 Å². The number of rotatable bonds is 7. The maximum absolute atomic E-state index is 12.6. The normalized spacial score (nSPS) is 10.5. The fraction of sp³-hybridized carbons (Fsp3) is 0.167. The van der Waals surface area contributed by atoms with Gasteiger partial charge in [0.05, 0.1) is 31.8 Å². The van der Waals surface area contributed by atoms with E-state index in [9.17, 15) is 14.9 Å². The molecule has 0 aromatic heterocycles. The van der Waals surface area contributed by atoms with Gasteiger partial charge in [-0.2, -0.15) is 0 Å². The van der Waals surface area contributed by atoms with Gasteiger partial charge in [0.1, 0.15) is 5.75 Å². The molecule has 0 unspecified atom stereocenters. The van der Waals surface area contributed by atoms with Crippen LogP contribution in [-0.2, 0) is 0 Å². The zero-order chi connectivity index (χ0) is 20.0. The summed E-state index contributed by atoms with van der Waals surface area (Å²) < 4.78 is 21.7. The third-order valence-electron chi connectivity index (χ3n) is 3.45. The van der Waals surface area contributed by atoms with Gasteiger partial charge in [0.15, 0.2) is 11.5 Å². The van der Waals surface area contributed by atoms with Crippen molar-refractivity contribution < 1.29 is 28.7 Å². The summed E-state index contributed by atoms with van der Waals surface area (Å²) in [6, 6.07) is 7.68. The molecule has 0 atom stereocenters. The summed E-state index contributed by atoms with van der Waals surface area (Å²) in [6.45, 7) is 0. The smallest absolute Gasteiger partial charge is 0.343 e. The summed E-state index contributed by atoms with van der Waals surface area (Å²) in [5, 5.41) is 10.6. The molecule has 0 saturated heterocycles. The molecule has 0 aliphatic heterocycles. The molecule has 8 nitrogen and oxygen atoms in total. The lowest BCUT2D eigenvalue weighted by Crippen LogP contribution is -2.10. The summed E-state index contributed by atoms with van der Waals surface area (Å²) in [5.74, 6) is 0.415. The fourth-order valence-electron chi connectivity index (χ4n) is 2.24. The average molecular weight is 438 g/mol. The summed E-state index contributed by atoms with van der Waals surface area (Å²) in [7, 11) is 4.32. The number of carbonyl (C=O) groups excluding carboxylic acids is 1. The zero-order valence-electron chi connectivity index (χ0n) is 14.7. The second-order valence-corrected chi connectivity index (χ2v) is 6.00. The van der Waals surface area contributed by atoms with Crippen molar-refractivity contribution in [3.63, 3.8) is 0 Å². The monoisotopic (exact) mass is 437 g/mol. The number of hydrogen-bond acceptors (Lipinski definition) is 7. The highest BCUT2D eigenvalue weighted by Gasteiger charge is 2.19. The quantitative estimate of drug-likeness (QED) is 0.280. The van der Waals surface area contributed by atoms with E-state index in [1.54, 1.807) is 12.1 Å². The van der Waals surface area contributed by atoms with Crippen LogP contribution in [0.3, 0.4) is 0 Å². The van der Waals surface area contributed by atoms with E-state index in [-0.39, 0.29) is 11.3 Å². The van der Waals surface area contributed by atoms with E-state index in [0.717, 1.165) is 6.20 Å². The summed E-state index contributed by atoms with van der Waals surface area (Å²) in [6.07, 6.45) is 2.00. The molecule has 142 valence electrons. The molecule has 0 fully saturated rings. The highest BCUT2D eigenvalue weighted by molar-refractivity contribution is 9.10. The van der Waals surface area contributed by atoms with Gasteiger partial charge < -0.3 is 18.9 Å². The molecule has 0 N–H and O–H groups in total. The van der Waals surface area contributed by atoms with Crippen molar-refractivity contribution >= 4 is 28.0 Å². The number of benzene rings is 2. The number of hydrogen-bond donors (Lipinski definition) is 0. The number of nitrogens with zero attached hydrogens (tertiary/aromatic N) is 1. The lowest BCUT2D eigenvalue weighted by molar-refractivity contribution is -0.400. The van der Waals surface area contributed by atoms with Crippen molar-refractivity contribution in [2.75, 3.05) is 21.3 Å². The van der Waals surface area contributed by atoms with Crippen molar-refractivity contribution in [3.8, 4) is 23.0 Å². The Kier molecular flexibility index (Phi) is 6.78. The van der Waals surface area contributed by atoms with Crippen LogP contribution in [0.2, 0.25) is 0 Å². The van der Waals surface area contributed by atoms with Crippen molar-refractivity contribution in [2.24, 2.45) is 0 Å². The topological polar surface area (TPSA) is 97.1 Å². The van der Waals surface area contributed by atoms with Crippen LogP contribution in [0.4, 0.5) is 0 Å². The van der Waals surface area contributed by atoms with Crippen molar-refractivity contribution in [3.05, 3.63) is 62.2 Å². The van der Waals surface area contributed by atoms with Gasteiger partial charge in [0.2, 0.25) is 11.9 Å². The maximum Gasteiger partial charge on any atom is 0.343 e. The van der Waals surface area contributed by atoms with E-state index in [1.165, 1.54) is 45.6 Å². The van der Waals surface area contributed by atoms with Gasteiger partial charge in [-0.3, -0.25) is 10.1 Å². The Morgan fingerprint density at radius 1 is 1.04 bits per heavy atom. The highest BCUT2D eigenvalue weighted by atomic mass is 79.9. The predicted octanol–water partition coefficient (Wildman–Crippen LogP) is 3.94. The number of esters is 1. The van der Waals surface area contributed by atoms with E-state index >= 15 is 0 Å². The number of nitro groups is 1. The van der Waals surface area contributed by atoms with Crippen LogP contribution < -0.4 is 18.9 Å². The number of ether oxygens (including phenoxy) is 4. The molecule has 0 radical (unpaired) electrons. The van der Waals surface area contributed by atoms with Crippen LogP contribution in [0.1, 0.15) is 15.9 Å². The minimum absolute atomic E-state index is 0.162. The van der Waals surface area contributed by atoms with E-state index in [1.807, 2.05) is 0 Å². The third-order valence-corrected chi connectivity index (χ3v) is 3.94. The van der Waals surface area contributed by atoms with Gasteiger partial charge in [0, 0.05) is 16.1 Å². The van der Waals surface area contributed by atoms with Crippen molar-refractivity contribution in [1.29, 1.82) is 0 Å². The second kappa shape index (κ2) is 9.04. The van der Waals surface area contributed by atoms with E-state index in [0.29, 0.717) is 27.3 Å². The lowest BCUT2D eigenvalue weighted by atomic mass is 10.1. The molecular weight excluding hydrogens is 422 g/mol. The van der Waals surface area contributed by atoms with Gasteiger partial charge in [-0.15, -0.1) is 0 Å². The fourth-order valence-corrected chi connectivity index (χ4v) is 2.62. The number of carbonyl (C=O) groups is 1. The first kappa shape index (κ1) is 20.2. The molecule has 0 aliphatic rings. The van der Waals surface area contributed by atoms with Crippen LogP contribution in [0.15, 0.2) is 41.0 Å². The standard InChI is InChI=1S/C18H16BrNO7/c1-24-15-9-12(10-16(25-2)17(15)26-3)18(21)27-14-5-4-13(19)8-11(14)6-7-20(22)23/h4-10H,1-3H3/b7-6+. The molecular formula is C18H16BrNO7. The average Bonchev–Trinajstić information content (AvgIpc) is 2.66. The Morgan fingerprint density at radius 3 is 2.19 bits per heavy atom. The van der Waals surface area contributed by atoms with Crippen LogP contribution >= 0.6 is 15.9 Å². The van der Waals surface area contributed by atoms with Crippen LogP contribution in [-0.4, -0.2) is 32.2 Å².